The highest BCUT2D eigenvalue weighted by Gasteiger charge is 2.43. The average Bonchev–Trinajstić information content (AvgIpc) is 2.46. The van der Waals surface area contributed by atoms with Crippen molar-refractivity contribution in [2.24, 2.45) is 0 Å². The van der Waals surface area contributed by atoms with Crippen LogP contribution in [-0.2, 0) is 15.0 Å². The summed E-state index contributed by atoms with van der Waals surface area (Å²) >= 11 is 0. The third-order valence-corrected chi connectivity index (χ3v) is 4.18. The van der Waals surface area contributed by atoms with Gasteiger partial charge >= 0.3 is 5.97 Å². The first kappa shape index (κ1) is 15.3. The van der Waals surface area contributed by atoms with E-state index in [9.17, 15) is 19.1 Å². The van der Waals surface area contributed by atoms with E-state index < -0.39 is 17.2 Å². The molecule has 2 rings (SSSR count). The maximum atomic E-state index is 13.9. The van der Waals surface area contributed by atoms with Gasteiger partial charge in [-0.3, -0.25) is 9.59 Å². The van der Waals surface area contributed by atoms with Crippen molar-refractivity contribution in [3.63, 3.8) is 0 Å². The highest BCUT2D eigenvalue weighted by molar-refractivity contribution is 5.82. The van der Waals surface area contributed by atoms with Crippen LogP contribution < -0.4 is 4.74 Å². The minimum atomic E-state index is -1.15. The molecule has 114 valence electrons. The van der Waals surface area contributed by atoms with E-state index in [0.29, 0.717) is 18.7 Å². The van der Waals surface area contributed by atoms with E-state index in [4.69, 9.17) is 4.74 Å². The molecular formula is C15H18FNO4. The number of rotatable bonds is 3. The number of hydrogen-bond acceptors (Lipinski definition) is 3. The molecular weight excluding hydrogens is 277 g/mol. The molecule has 5 nitrogen and oxygen atoms in total. The lowest BCUT2D eigenvalue weighted by Gasteiger charge is -2.39. The van der Waals surface area contributed by atoms with Crippen LogP contribution in [0.15, 0.2) is 18.2 Å². The number of carbonyl (C=O) groups excluding carboxylic acids is 1. The van der Waals surface area contributed by atoms with Crippen LogP contribution in [0.25, 0.3) is 0 Å². The molecule has 1 heterocycles. The van der Waals surface area contributed by atoms with Gasteiger partial charge in [-0.25, -0.2) is 4.39 Å². The Morgan fingerprint density at radius 1 is 1.33 bits per heavy atom. The molecule has 1 saturated heterocycles. The smallest absolute Gasteiger partial charge is 0.314 e. The lowest BCUT2D eigenvalue weighted by atomic mass is 9.72. The summed E-state index contributed by atoms with van der Waals surface area (Å²) in [5.74, 6) is -1.56. The quantitative estimate of drug-likeness (QED) is 0.923. The normalized spacial score (nSPS) is 17.4. The number of carboxylic acids is 1. The molecule has 1 aliphatic rings. The van der Waals surface area contributed by atoms with E-state index in [1.807, 2.05) is 0 Å². The number of methoxy groups -OCH3 is 1. The number of amides is 1. The average molecular weight is 295 g/mol. The van der Waals surface area contributed by atoms with Crippen molar-refractivity contribution in [3.05, 3.63) is 29.6 Å². The highest BCUT2D eigenvalue weighted by Crippen LogP contribution is 2.37. The molecule has 0 atom stereocenters. The van der Waals surface area contributed by atoms with Gasteiger partial charge in [-0.05, 0) is 30.5 Å². The van der Waals surface area contributed by atoms with Crippen molar-refractivity contribution in [3.8, 4) is 5.75 Å². The molecule has 0 aromatic heterocycles. The third kappa shape index (κ3) is 2.70. The Morgan fingerprint density at radius 2 is 1.95 bits per heavy atom. The molecule has 1 N–H and O–H groups in total. The Labute approximate surface area is 122 Å². The van der Waals surface area contributed by atoms with E-state index in [2.05, 4.69) is 0 Å². The number of halogens is 1. The summed E-state index contributed by atoms with van der Waals surface area (Å²) in [6, 6.07) is 4.24. The number of piperidine rings is 1. The molecule has 0 saturated carbocycles. The van der Waals surface area contributed by atoms with Crippen molar-refractivity contribution in [1.29, 1.82) is 0 Å². The number of likely N-dealkylation sites (tertiary alicyclic amines) is 1. The fourth-order valence-electron chi connectivity index (χ4n) is 2.79. The fraction of sp³-hybridized carbons (Fsp3) is 0.467. The number of ether oxygens (including phenoxy) is 1. The molecule has 0 radical (unpaired) electrons. The van der Waals surface area contributed by atoms with E-state index in [1.165, 1.54) is 26.2 Å². The summed E-state index contributed by atoms with van der Waals surface area (Å²) in [5.41, 5.74) is -0.740. The molecule has 0 bridgehead atoms. The molecule has 0 aliphatic carbocycles. The van der Waals surface area contributed by atoms with Gasteiger partial charge in [0, 0.05) is 20.0 Å². The zero-order valence-electron chi connectivity index (χ0n) is 12.1. The maximum Gasteiger partial charge on any atom is 0.314 e. The van der Waals surface area contributed by atoms with Gasteiger partial charge in [-0.15, -0.1) is 0 Å². The first-order chi connectivity index (χ1) is 9.90. The second-order valence-corrected chi connectivity index (χ2v) is 5.24. The number of carbonyl (C=O) groups is 2. The minimum absolute atomic E-state index is 0.0742. The fourth-order valence-corrected chi connectivity index (χ4v) is 2.79. The van der Waals surface area contributed by atoms with Gasteiger partial charge in [0.25, 0.3) is 0 Å². The number of aliphatic carboxylic acids is 1. The predicted molar refractivity (Wildman–Crippen MR) is 73.8 cm³/mol. The molecule has 1 aliphatic heterocycles. The summed E-state index contributed by atoms with van der Waals surface area (Å²) in [7, 11) is 1.36. The number of nitrogens with zero attached hydrogens (tertiary/aromatic N) is 1. The van der Waals surface area contributed by atoms with E-state index >= 15 is 0 Å². The molecule has 0 unspecified atom stereocenters. The van der Waals surface area contributed by atoms with Crippen LogP contribution in [0.4, 0.5) is 4.39 Å². The Hall–Kier alpha value is -2.11. The molecule has 6 heteroatoms. The van der Waals surface area contributed by atoms with Crippen LogP contribution >= 0.6 is 0 Å². The Kier molecular flexibility index (Phi) is 4.16. The van der Waals surface area contributed by atoms with Crippen molar-refractivity contribution in [1.82, 2.24) is 4.90 Å². The Morgan fingerprint density at radius 3 is 2.38 bits per heavy atom. The minimum Gasteiger partial charge on any atom is -0.494 e. The lowest BCUT2D eigenvalue weighted by molar-refractivity contribution is -0.148. The van der Waals surface area contributed by atoms with Crippen molar-refractivity contribution in [2.75, 3.05) is 20.2 Å². The largest absolute Gasteiger partial charge is 0.494 e. The molecule has 0 spiro atoms. The van der Waals surface area contributed by atoms with Gasteiger partial charge in [-0.1, -0.05) is 6.07 Å². The van der Waals surface area contributed by atoms with E-state index in [1.54, 1.807) is 11.0 Å². The van der Waals surface area contributed by atoms with Gasteiger partial charge in [-0.2, -0.15) is 0 Å². The van der Waals surface area contributed by atoms with E-state index in [0.717, 1.165) is 0 Å². The van der Waals surface area contributed by atoms with Gasteiger partial charge in [0.05, 0.1) is 12.5 Å². The maximum absolute atomic E-state index is 13.9. The van der Waals surface area contributed by atoms with Gasteiger partial charge in [0.15, 0.2) is 11.6 Å². The first-order valence-corrected chi connectivity index (χ1v) is 6.73. The second kappa shape index (κ2) is 5.71. The van der Waals surface area contributed by atoms with Gasteiger partial charge < -0.3 is 14.7 Å². The topological polar surface area (TPSA) is 66.8 Å². The molecule has 1 aromatic rings. The monoisotopic (exact) mass is 295 g/mol. The standard InChI is InChI=1S/C15H18FNO4/c1-10(18)17-7-5-15(6-8-17,14(19)20)11-3-4-13(21-2)12(16)9-11/h3-4,9H,5-8H2,1-2H3,(H,19,20). The van der Waals surface area contributed by atoms with Crippen molar-refractivity contribution >= 4 is 11.9 Å². The number of carboxylic acid groups (broad SMARTS) is 1. The summed E-state index contributed by atoms with van der Waals surface area (Å²) in [6.45, 7) is 2.17. The number of benzene rings is 1. The number of hydrogen-bond donors (Lipinski definition) is 1. The lowest BCUT2D eigenvalue weighted by Crippen LogP contribution is -2.48. The molecule has 1 aromatic carbocycles. The first-order valence-electron chi connectivity index (χ1n) is 6.73. The predicted octanol–water partition coefficient (Wildman–Crippen LogP) is 1.80. The second-order valence-electron chi connectivity index (χ2n) is 5.24. The van der Waals surface area contributed by atoms with Crippen LogP contribution in [0.2, 0.25) is 0 Å². The zero-order valence-corrected chi connectivity index (χ0v) is 12.1. The summed E-state index contributed by atoms with van der Waals surface area (Å²) in [5, 5.41) is 9.63. The van der Waals surface area contributed by atoms with Crippen LogP contribution in [0.5, 0.6) is 5.75 Å². The summed E-state index contributed by atoms with van der Waals surface area (Å²) < 4.78 is 18.7. The summed E-state index contributed by atoms with van der Waals surface area (Å²) in [4.78, 5) is 24.7. The van der Waals surface area contributed by atoms with Crippen LogP contribution in [0.3, 0.4) is 0 Å². The van der Waals surface area contributed by atoms with Gasteiger partial charge in [0.1, 0.15) is 0 Å². The Balaban J connectivity index is 2.34. The molecule has 1 amide bonds. The van der Waals surface area contributed by atoms with Crippen molar-refractivity contribution in [2.45, 2.75) is 25.2 Å². The molecule has 21 heavy (non-hydrogen) atoms. The zero-order chi connectivity index (χ0) is 15.6. The van der Waals surface area contributed by atoms with E-state index in [-0.39, 0.29) is 24.5 Å². The SMILES string of the molecule is COc1ccc(C2(C(=O)O)CCN(C(C)=O)CC2)cc1F. The van der Waals surface area contributed by atoms with Crippen LogP contribution in [0, 0.1) is 5.82 Å². The summed E-state index contributed by atoms with van der Waals surface area (Å²) in [6.07, 6.45) is 0.543. The third-order valence-electron chi connectivity index (χ3n) is 4.18. The Bertz CT molecular complexity index is 565. The van der Waals surface area contributed by atoms with Crippen molar-refractivity contribution < 1.29 is 23.8 Å². The highest BCUT2D eigenvalue weighted by atomic mass is 19.1. The molecule has 1 fully saturated rings. The van der Waals surface area contributed by atoms with Crippen LogP contribution in [0.1, 0.15) is 25.3 Å². The van der Waals surface area contributed by atoms with Gasteiger partial charge in [0.2, 0.25) is 5.91 Å². The van der Waals surface area contributed by atoms with Crippen LogP contribution in [-0.4, -0.2) is 42.1 Å².